The number of alkyl halides is 3. The Morgan fingerprint density at radius 2 is 1.80 bits per heavy atom. The van der Waals surface area contributed by atoms with Crippen LogP contribution < -0.4 is 16.1 Å². The first kappa shape index (κ1) is 28.2. The van der Waals surface area contributed by atoms with Crippen molar-refractivity contribution in [3.8, 4) is 11.3 Å². The van der Waals surface area contributed by atoms with E-state index in [2.05, 4.69) is 30.7 Å². The van der Waals surface area contributed by atoms with Crippen LogP contribution in [0.4, 0.5) is 38.1 Å². The number of morpholine rings is 1. The van der Waals surface area contributed by atoms with Crippen LogP contribution >= 0.6 is 0 Å². The van der Waals surface area contributed by atoms with E-state index in [9.17, 15) is 22.4 Å². The largest absolute Gasteiger partial charge is 0.416 e. The van der Waals surface area contributed by atoms with Crippen molar-refractivity contribution in [1.29, 1.82) is 0 Å². The van der Waals surface area contributed by atoms with Crippen LogP contribution in [-0.4, -0.2) is 70.2 Å². The lowest BCUT2D eigenvalue weighted by molar-refractivity contribution is -0.137. The number of aryl methyl sites for hydroxylation is 1. The van der Waals surface area contributed by atoms with E-state index in [0.29, 0.717) is 54.7 Å². The van der Waals surface area contributed by atoms with Crippen LogP contribution in [0, 0.1) is 18.6 Å². The topological polar surface area (TPSA) is 109 Å². The average molecular weight is 577 g/mol. The zero-order chi connectivity index (χ0) is 29.1. The Labute approximate surface area is 230 Å². The summed E-state index contributed by atoms with van der Waals surface area (Å²) >= 11 is 0. The lowest BCUT2D eigenvalue weighted by atomic mass is 10.1. The molecule has 15 heteroatoms. The molecule has 1 aliphatic heterocycles. The Hall–Kier alpha value is -4.37. The van der Waals surface area contributed by atoms with Gasteiger partial charge in [0.15, 0.2) is 11.5 Å². The zero-order valence-electron chi connectivity index (χ0n) is 21.7. The number of hydrogen-bond acceptors (Lipinski definition) is 7. The van der Waals surface area contributed by atoms with Gasteiger partial charge < -0.3 is 20.8 Å². The molecular weight excluding hydrogens is 551 g/mol. The molecule has 5 rings (SSSR count). The van der Waals surface area contributed by atoms with Crippen molar-refractivity contribution in [1.82, 2.24) is 24.8 Å². The number of nitrogens with zero attached hydrogens (tertiary/aromatic N) is 5. The fourth-order valence-electron chi connectivity index (χ4n) is 4.42. The zero-order valence-corrected chi connectivity index (χ0v) is 21.7. The maximum absolute atomic E-state index is 15.7. The number of carbonyl (C=O) groups excluding carboxylic acids is 1. The molecule has 2 aromatic heterocycles. The number of ether oxygens (including phenoxy) is 1. The van der Waals surface area contributed by atoms with Crippen molar-refractivity contribution in [3.63, 3.8) is 0 Å². The molecule has 1 fully saturated rings. The smallest absolute Gasteiger partial charge is 0.379 e. The highest BCUT2D eigenvalue weighted by atomic mass is 19.4. The molecule has 10 nitrogen and oxygen atoms in total. The monoisotopic (exact) mass is 576 g/mol. The highest BCUT2D eigenvalue weighted by Gasteiger charge is 2.31. The number of carbonyl (C=O) groups is 1. The van der Waals surface area contributed by atoms with Gasteiger partial charge in [-0.25, -0.2) is 23.5 Å². The molecule has 0 saturated carbocycles. The van der Waals surface area contributed by atoms with Gasteiger partial charge in [-0.3, -0.25) is 4.90 Å². The Bertz CT molecular complexity index is 1570. The van der Waals surface area contributed by atoms with Gasteiger partial charge in [-0.2, -0.15) is 18.0 Å². The summed E-state index contributed by atoms with van der Waals surface area (Å²) in [6.07, 6.45) is -3.37. The van der Waals surface area contributed by atoms with Crippen LogP contribution in [0.1, 0.15) is 11.3 Å². The summed E-state index contributed by atoms with van der Waals surface area (Å²) < 4.78 is 74.2. The summed E-state index contributed by atoms with van der Waals surface area (Å²) in [7, 11) is 0. The standard InChI is InChI=1S/C26H25F5N8O2/c1-15-21-23(37-39(24(21)33-14-32-15)34-7-8-38-9-11-41-12-10-38)17-3-2-4-19(22(17)28)35-25(40)36-20-13-16(26(29,30)31)5-6-18(20)27/h2-6,13-14,34H,7-12H2,1H3,(H2,35,36,40). The lowest BCUT2D eigenvalue weighted by Gasteiger charge is -2.26. The van der Waals surface area contributed by atoms with E-state index in [1.807, 2.05) is 5.32 Å². The van der Waals surface area contributed by atoms with E-state index >= 15 is 4.39 Å². The fraction of sp³-hybridized carbons (Fsp3) is 0.308. The van der Waals surface area contributed by atoms with E-state index < -0.39 is 35.1 Å². The van der Waals surface area contributed by atoms with Gasteiger partial charge in [-0.15, -0.1) is 5.10 Å². The molecule has 1 aliphatic rings. The average Bonchev–Trinajstić information content (AvgIpc) is 3.30. The number of aromatic nitrogens is 4. The number of halogens is 5. The van der Waals surface area contributed by atoms with E-state index in [4.69, 9.17) is 4.74 Å². The van der Waals surface area contributed by atoms with Gasteiger partial charge in [0.2, 0.25) is 0 Å². The van der Waals surface area contributed by atoms with Crippen LogP contribution in [0.5, 0.6) is 0 Å². The Morgan fingerprint density at radius 1 is 1.05 bits per heavy atom. The van der Waals surface area contributed by atoms with E-state index in [-0.39, 0.29) is 16.9 Å². The van der Waals surface area contributed by atoms with Crippen molar-refractivity contribution in [2.45, 2.75) is 13.1 Å². The predicted octanol–water partition coefficient (Wildman–Crippen LogP) is 4.62. The molecule has 2 amide bonds. The molecule has 0 spiro atoms. The fourth-order valence-corrected chi connectivity index (χ4v) is 4.42. The first-order valence-corrected chi connectivity index (χ1v) is 12.6. The molecule has 0 unspecified atom stereocenters. The Morgan fingerprint density at radius 3 is 2.56 bits per heavy atom. The third kappa shape index (κ3) is 6.20. The minimum Gasteiger partial charge on any atom is -0.379 e. The SMILES string of the molecule is Cc1ncnc2c1c(-c1cccc(NC(=O)Nc3cc(C(F)(F)F)ccc3F)c1F)nn2NCCN1CCOCC1. The summed E-state index contributed by atoms with van der Waals surface area (Å²) in [5.41, 5.74) is 2.21. The number of fused-ring (bicyclic) bond motifs is 1. The molecule has 4 aromatic rings. The van der Waals surface area contributed by atoms with Gasteiger partial charge in [0.05, 0.1) is 41.2 Å². The first-order chi connectivity index (χ1) is 19.6. The van der Waals surface area contributed by atoms with Gasteiger partial charge in [0, 0.05) is 31.7 Å². The first-order valence-electron chi connectivity index (χ1n) is 12.6. The van der Waals surface area contributed by atoms with Crippen molar-refractivity contribution in [2.24, 2.45) is 0 Å². The summed E-state index contributed by atoms with van der Waals surface area (Å²) in [5.74, 6) is -1.95. The molecule has 3 heterocycles. The van der Waals surface area contributed by atoms with Gasteiger partial charge in [-0.05, 0) is 37.3 Å². The molecule has 0 radical (unpaired) electrons. The summed E-state index contributed by atoms with van der Waals surface area (Å²) in [4.78, 5) is 24.7. The number of nitrogens with one attached hydrogen (secondary N) is 3. The molecule has 0 bridgehead atoms. The summed E-state index contributed by atoms with van der Waals surface area (Å²) in [5, 5.41) is 9.24. The molecule has 0 atom stereocenters. The second-order valence-electron chi connectivity index (χ2n) is 9.22. The van der Waals surface area contributed by atoms with Crippen LogP contribution in [0.2, 0.25) is 0 Å². The quantitative estimate of drug-likeness (QED) is 0.276. The molecule has 41 heavy (non-hydrogen) atoms. The van der Waals surface area contributed by atoms with E-state index in [1.165, 1.54) is 29.3 Å². The van der Waals surface area contributed by atoms with Crippen LogP contribution in [0.25, 0.3) is 22.3 Å². The number of anilines is 2. The van der Waals surface area contributed by atoms with Gasteiger partial charge in [0.25, 0.3) is 0 Å². The highest BCUT2D eigenvalue weighted by Crippen LogP contribution is 2.34. The maximum Gasteiger partial charge on any atom is 0.416 e. The van der Waals surface area contributed by atoms with Crippen LogP contribution in [0.3, 0.4) is 0 Å². The maximum atomic E-state index is 15.7. The number of amides is 2. The molecule has 3 N–H and O–H groups in total. The second-order valence-corrected chi connectivity index (χ2v) is 9.22. The molecule has 1 saturated heterocycles. The van der Waals surface area contributed by atoms with E-state index in [0.717, 1.165) is 19.6 Å². The minimum absolute atomic E-state index is 0.0182. The predicted molar refractivity (Wildman–Crippen MR) is 141 cm³/mol. The van der Waals surface area contributed by atoms with Crippen molar-refractivity contribution < 1.29 is 31.5 Å². The Balaban J connectivity index is 1.38. The molecule has 216 valence electrons. The summed E-state index contributed by atoms with van der Waals surface area (Å²) in [6.45, 7) is 5.93. The highest BCUT2D eigenvalue weighted by molar-refractivity contribution is 6.01. The second kappa shape index (κ2) is 11.6. The van der Waals surface area contributed by atoms with Crippen LogP contribution in [0.15, 0.2) is 42.7 Å². The molecule has 2 aromatic carbocycles. The number of hydrogen-bond donors (Lipinski definition) is 3. The van der Waals surface area contributed by atoms with Crippen molar-refractivity contribution >= 4 is 28.4 Å². The van der Waals surface area contributed by atoms with Gasteiger partial charge in [-0.1, -0.05) is 6.07 Å². The Kier molecular flexibility index (Phi) is 7.99. The number of benzene rings is 2. The van der Waals surface area contributed by atoms with E-state index in [1.54, 1.807) is 6.92 Å². The minimum atomic E-state index is -4.74. The molecule has 0 aliphatic carbocycles. The summed E-state index contributed by atoms with van der Waals surface area (Å²) in [6, 6.07) is 4.62. The normalized spacial score (nSPS) is 14.3. The van der Waals surface area contributed by atoms with Gasteiger partial charge >= 0.3 is 12.2 Å². The lowest BCUT2D eigenvalue weighted by Crippen LogP contribution is -2.40. The third-order valence-corrected chi connectivity index (χ3v) is 6.49. The number of rotatable bonds is 7. The number of urea groups is 1. The van der Waals surface area contributed by atoms with Gasteiger partial charge in [0.1, 0.15) is 17.8 Å². The van der Waals surface area contributed by atoms with Crippen molar-refractivity contribution in [3.05, 3.63) is 65.6 Å². The van der Waals surface area contributed by atoms with Crippen molar-refractivity contribution in [2.75, 3.05) is 55.5 Å². The van der Waals surface area contributed by atoms with Crippen LogP contribution in [-0.2, 0) is 10.9 Å². The third-order valence-electron chi connectivity index (χ3n) is 6.49. The molecular formula is C26H25F5N8O2.